The molecule has 2 rings (SSSR count). The number of nitrogens with one attached hydrogen (secondary N) is 1. The van der Waals surface area contributed by atoms with Crippen molar-refractivity contribution >= 4 is 0 Å². The van der Waals surface area contributed by atoms with E-state index in [0.717, 1.165) is 31.2 Å². The van der Waals surface area contributed by atoms with E-state index in [-0.39, 0.29) is 0 Å². The summed E-state index contributed by atoms with van der Waals surface area (Å²) in [7, 11) is 2.15. The summed E-state index contributed by atoms with van der Waals surface area (Å²) in [6.07, 6.45) is 6.60. The Kier molecular flexibility index (Phi) is 3.64. The van der Waals surface area contributed by atoms with E-state index in [0.29, 0.717) is 0 Å². The lowest BCUT2D eigenvalue weighted by Gasteiger charge is -2.19. The van der Waals surface area contributed by atoms with Crippen LogP contribution in [-0.4, -0.2) is 41.5 Å². The Morgan fingerprint density at radius 1 is 1.53 bits per heavy atom. The van der Waals surface area contributed by atoms with Crippen molar-refractivity contribution < 1.29 is 0 Å². The van der Waals surface area contributed by atoms with Crippen molar-refractivity contribution in [1.29, 1.82) is 0 Å². The van der Waals surface area contributed by atoms with Gasteiger partial charge in [-0.3, -0.25) is 9.97 Å². The third-order valence-corrected chi connectivity index (χ3v) is 2.78. The van der Waals surface area contributed by atoms with Crippen LogP contribution in [0, 0.1) is 5.92 Å². The predicted molar refractivity (Wildman–Crippen MR) is 59.3 cm³/mol. The number of nitrogens with zero attached hydrogens (tertiary/aromatic N) is 3. The van der Waals surface area contributed by atoms with Gasteiger partial charge >= 0.3 is 0 Å². The third-order valence-electron chi connectivity index (χ3n) is 2.78. The zero-order chi connectivity index (χ0) is 10.5. The summed E-state index contributed by atoms with van der Waals surface area (Å²) in [4.78, 5) is 10.7. The molecule has 1 aromatic heterocycles. The topological polar surface area (TPSA) is 41.1 Å². The molecule has 0 spiro atoms. The van der Waals surface area contributed by atoms with E-state index in [1.807, 2.05) is 6.20 Å². The minimum absolute atomic E-state index is 0.798. The van der Waals surface area contributed by atoms with Gasteiger partial charge in [-0.1, -0.05) is 0 Å². The summed E-state index contributed by atoms with van der Waals surface area (Å²) in [6.45, 7) is 4.36. The Morgan fingerprint density at radius 2 is 2.47 bits per heavy atom. The molecule has 0 unspecified atom stereocenters. The molecule has 0 aromatic carbocycles. The monoisotopic (exact) mass is 206 g/mol. The largest absolute Gasteiger partial charge is 0.316 e. The summed E-state index contributed by atoms with van der Waals surface area (Å²) in [5.74, 6) is 0.798. The molecule has 82 valence electrons. The standard InChI is InChI=1S/C11H18N4/c1-15(8-10-2-3-12-6-10)9-11-7-13-4-5-14-11/h4-5,7,10,12H,2-3,6,8-9H2,1H3/t10-/m0/s1. The minimum atomic E-state index is 0.798. The Morgan fingerprint density at radius 3 is 3.13 bits per heavy atom. The van der Waals surface area contributed by atoms with Crippen molar-refractivity contribution in [2.24, 2.45) is 5.92 Å². The Bertz CT molecular complexity index is 282. The maximum atomic E-state index is 4.27. The second-order valence-electron chi connectivity index (χ2n) is 4.25. The molecule has 0 aliphatic carbocycles. The fourth-order valence-corrected chi connectivity index (χ4v) is 2.06. The van der Waals surface area contributed by atoms with Gasteiger partial charge in [-0.25, -0.2) is 0 Å². The second kappa shape index (κ2) is 5.19. The van der Waals surface area contributed by atoms with Gasteiger partial charge in [0.1, 0.15) is 0 Å². The average Bonchev–Trinajstić information content (AvgIpc) is 2.71. The molecule has 0 amide bonds. The number of hydrogen-bond donors (Lipinski definition) is 1. The van der Waals surface area contributed by atoms with Crippen LogP contribution in [-0.2, 0) is 6.54 Å². The fourth-order valence-electron chi connectivity index (χ4n) is 2.06. The highest BCUT2D eigenvalue weighted by Gasteiger charge is 2.16. The average molecular weight is 206 g/mol. The van der Waals surface area contributed by atoms with Gasteiger partial charge < -0.3 is 10.2 Å². The Hall–Kier alpha value is -1.00. The quantitative estimate of drug-likeness (QED) is 0.779. The van der Waals surface area contributed by atoms with Gasteiger partial charge in [0.25, 0.3) is 0 Å². The van der Waals surface area contributed by atoms with Crippen LogP contribution in [0.5, 0.6) is 0 Å². The van der Waals surface area contributed by atoms with Crippen LogP contribution >= 0.6 is 0 Å². The number of aromatic nitrogens is 2. The first kappa shape index (κ1) is 10.5. The first-order valence-corrected chi connectivity index (χ1v) is 5.49. The zero-order valence-corrected chi connectivity index (χ0v) is 9.19. The summed E-state index contributed by atoms with van der Waals surface area (Å²) in [6, 6.07) is 0. The van der Waals surface area contributed by atoms with Gasteiger partial charge in [-0.2, -0.15) is 0 Å². The zero-order valence-electron chi connectivity index (χ0n) is 9.19. The molecule has 0 saturated carbocycles. The molecule has 0 bridgehead atoms. The Balaban J connectivity index is 1.79. The van der Waals surface area contributed by atoms with Crippen molar-refractivity contribution in [3.63, 3.8) is 0 Å². The van der Waals surface area contributed by atoms with E-state index in [2.05, 4.69) is 27.2 Å². The molecule has 4 heteroatoms. The van der Waals surface area contributed by atoms with Gasteiger partial charge in [0, 0.05) is 31.7 Å². The van der Waals surface area contributed by atoms with Gasteiger partial charge in [-0.05, 0) is 32.5 Å². The first-order chi connectivity index (χ1) is 7.34. The van der Waals surface area contributed by atoms with Crippen LogP contribution in [0.1, 0.15) is 12.1 Å². The fraction of sp³-hybridized carbons (Fsp3) is 0.636. The molecule has 1 atom stereocenters. The molecular weight excluding hydrogens is 188 g/mol. The molecule has 1 aromatic rings. The molecule has 1 saturated heterocycles. The van der Waals surface area contributed by atoms with Gasteiger partial charge in [0.05, 0.1) is 5.69 Å². The highest BCUT2D eigenvalue weighted by Crippen LogP contribution is 2.09. The SMILES string of the molecule is CN(Cc1cnccn1)C[C@H]1CCNC1. The second-order valence-corrected chi connectivity index (χ2v) is 4.25. The Labute approximate surface area is 90.7 Å². The summed E-state index contributed by atoms with van der Waals surface area (Å²) < 4.78 is 0. The van der Waals surface area contributed by atoms with Crippen LogP contribution < -0.4 is 5.32 Å². The van der Waals surface area contributed by atoms with Crippen molar-refractivity contribution in [3.05, 3.63) is 24.3 Å². The van der Waals surface area contributed by atoms with E-state index < -0.39 is 0 Å². The summed E-state index contributed by atoms with van der Waals surface area (Å²) in [5.41, 5.74) is 1.05. The molecule has 1 aliphatic rings. The van der Waals surface area contributed by atoms with Crippen LogP contribution in [0.4, 0.5) is 0 Å². The molecule has 1 N–H and O–H groups in total. The molecular formula is C11H18N4. The first-order valence-electron chi connectivity index (χ1n) is 5.49. The van der Waals surface area contributed by atoms with Crippen LogP contribution in [0.2, 0.25) is 0 Å². The van der Waals surface area contributed by atoms with Gasteiger partial charge in [-0.15, -0.1) is 0 Å². The van der Waals surface area contributed by atoms with Gasteiger partial charge in [0.15, 0.2) is 0 Å². The lowest BCUT2D eigenvalue weighted by Crippen LogP contribution is -2.27. The van der Waals surface area contributed by atoms with Crippen LogP contribution in [0.25, 0.3) is 0 Å². The molecule has 1 aliphatic heterocycles. The maximum Gasteiger partial charge on any atom is 0.0726 e. The molecule has 1 fully saturated rings. The molecule has 2 heterocycles. The van der Waals surface area contributed by atoms with Crippen molar-refractivity contribution in [1.82, 2.24) is 20.2 Å². The minimum Gasteiger partial charge on any atom is -0.316 e. The van der Waals surface area contributed by atoms with E-state index in [1.165, 1.54) is 13.0 Å². The lowest BCUT2D eigenvalue weighted by atomic mass is 10.1. The highest BCUT2D eigenvalue weighted by molar-refractivity contribution is 4.94. The van der Waals surface area contributed by atoms with Crippen LogP contribution in [0.3, 0.4) is 0 Å². The molecule has 4 nitrogen and oxygen atoms in total. The summed E-state index contributed by atoms with van der Waals surface area (Å²) >= 11 is 0. The number of rotatable bonds is 4. The van der Waals surface area contributed by atoms with E-state index in [4.69, 9.17) is 0 Å². The predicted octanol–water partition coefficient (Wildman–Crippen LogP) is 0.518. The molecule has 15 heavy (non-hydrogen) atoms. The van der Waals surface area contributed by atoms with Crippen molar-refractivity contribution in [3.8, 4) is 0 Å². The van der Waals surface area contributed by atoms with Crippen molar-refractivity contribution in [2.75, 3.05) is 26.7 Å². The van der Waals surface area contributed by atoms with Crippen molar-refractivity contribution in [2.45, 2.75) is 13.0 Å². The highest BCUT2D eigenvalue weighted by atomic mass is 15.1. The normalized spacial score (nSPS) is 21.1. The lowest BCUT2D eigenvalue weighted by molar-refractivity contribution is 0.275. The number of hydrogen-bond acceptors (Lipinski definition) is 4. The van der Waals surface area contributed by atoms with Crippen LogP contribution in [0.15, 0.2) is 18.6 Å². The maximum absolute atomic E-state index is 4.27. The van der Waals surface area contributed by atoms with E-state index >= 15 is 0 Å². The smallest absolute Gasteiger partial charge is 0.0726 e. The third kappa shape index (κ3) is 3.25. The van der Waals surface area contributed by atoms with E-state index in [9.17, 15) is 0 Å². The van der Waals surface area contributed by atoms with Gasteiger partial charge in [0.2, 0.25) is 0 Å². The molecule has 0 radical (unpaired) electrons. The summed E-state index contributed by atoms with van der Waals surface area (Å²) in [5, 5.41) is 3.39. The van der Waals surface area contributed by atoms with E-state index in [1.54, 1.807) is 12.4 Å².